The minimum Gasteiger partial charge on any atom is -0.387 e. The Morgan fingerprint density at radius 2 is 1.75 bits per heavy atom. The van der Waals surface area contributed by atoms with Crippen LogP contribution in [0.15, 0.2) is 45.6 Å². The Morgan fingerprint density at radius 1 is 1.05 bits per heavy atom. The van der Waals surface area contributed by atoms with E-state index in [2.05, 4.69) is 51.0 Å². The monoisotopic (exact) mass is 350 g/mol. The van der Waals surface area contributed by atoms with Gasteiger partial charge in [-0.25, -0.2) is 0 Å². The summed E-state index contributed by atoms with van der Waals surface area (Å²) in [6, 6.07) is 10.6. The summed E-state index contributed by atoms with van der Waals surface area (Å²) in [5.74, 6) is 0. The van der Waals surface area contributed by atoms with Crippen LogP contribution in [0.3, 0.4) is 0 Å². The van der Waals surface area contributed by atoms with Crippen molar-refractivity contribution in [2.45, 2.75) is 43.6 Å². The van der Waals surface area contributed by atoms with Crippen molar-refractivity contribution in [2.24, 2.45) is 0 Å². The molecule has 20 heavy (non-hydrogen) atoms. The second kappa shape index (κ2) is 6.00. The van der Waals surface area contributed by atoms with Crippen LogP contribution in [0.5, 0.6) is 0 Å². The zero-order valence-electron chi connectivity index (χ0n) is 11.4. The minimum absolute atomic E-state index is 0.122. The van der Waals surface area contributed by atoms with E-state index in [0.717, 1.165) is 22.9 Å². The first-order chi connectivity index (χ1) is 9.74. The molecule has 1 heterocycles. The van der Waals surface area contributed by atoms with Gasteiger partial charge < -0.3 is 5.11 Å². The molecule has 0 radical (unpaired) electrons. The Morgan fingerprint density at radius 3 is 2.35 bits per heavy atom. The van der Waals surface area contributed by atoms with Crippen molar-refractivity contribution in [1.82, 2.24) is 0 Å². The van der Waals surface area contributed by atoms with E-state index >= 15 is 0 Å². The predicted molar refractivity (Wildman–Crippen MR) is 88.2 cm³/mol. The molecule has 1 aliphatic rings. The summed E-state index contributed by atoms with van der Waals surface area (Å²) >= 11 is 5.23. The molecule has 2 aromatic rings. The van der Waals surface area contributed by atoms with E-state index in [-0.39, 0.29) is 5.41 Å². The van der Waals surface area contributed by atoms with E-state index in [9.17, 15) is 5.11 Å². The molecule has 1 unspecified atom stereocenters. The second-order valence-electron chi connectivity index (χ2n) is 5.66. The summed E-state index contributed by atoms with van der Waals surface area (Å²) in [5.41, 5.74) is 2.20. The molecule has 1 aromatic carbocycles. The van der Waals surface area contributed by atoms with Crippen LogP contribution in [0.1, 0.15) is 49.3 Å². The highest BCUT2D eigenvalue weighted by Crippen LogP contribution is 2.49. The van der Waals surface area contributed by atoms with Gasteiger partial charge >= 0.3 is 0 Å². The van der Waals surface area contributed by atoms with E-state index in [1.165, 1.54) is 24.8 Å². The Kier molecular flexibility index (Phi) is 4.29. The zero-order valence-corrected chi connectivity index (χ0v) is 13.8. The van der Waals surface area contributed by atoms with E-state index < -0.39 is 6.10 Å². The SMILES string of the molecule is OC(c1cscc1Br)C1(c2ccccc2)CCCCC1. The maximum Gasteiger partial charge on any atom is 0.0905 e. The summed E-state index contributed by atoms with van der Waals surface area (Å²) in [5, 5.41) is 15.2. The van der Waals surface area contributed by atoms with Crippen LogP contribution < -0.4 is 0 Å². The van der Waals surface area contributed by atoms with Crippen LogP contribution in [0.2, 0.25) is 0 Å². The fourth-order valence-corrected chi connectivity index (χ4v) is 4.99. The Balaban J connectivity index is 2.04. The number of benzene rings is 1. The van der Waals surface area contributed by atoms with Crippen molar-refractivity contribution < 1.29 is 5.11 Å². The predicted octanol–water partition coefficient (Wildman–Crippen LogP) is 5.45. The molecule has 1 saturated carbocycles. The third-order valence-corrected chi connectivity index (χ3v) is 6.31. The van der Waals surface area contributed by atoms with Gasteiger partial charge in [0.05, 0.1) is 6.10 Å². The molecule has 1 aromatic heterocycles. The van der Waals surface area contributed by atoms with Gasteiger partial charge in [0.25, 0.3) is 0 Å². The number of aliphatic hydroxyl groups excluding tert-OH is 1. The smallest absolute Gasteiger partial charge is 0.0905 e. The summed E-state index contributed by atoms with van der Waals surface area (Å²) in [6.45, 7) is 0. The molecule has 1 fully saturated rings. The van der Waals surface area contributed by atoms with Crippen LogP contribution >= 0.6 is 27.3 Å². The second-order valence-corrected chi connectivity index (χ2v) is 7.26. The normalized spacial score (nSPS) is 19.7. The third kappa shape index (κ3) is 2.47. The van der Waals surface area contributed by atoms with E-state index in [4.69, 9.17) is 0 Å². The van der Waals surface area contributed by atoms with Crippen LogP contribution in [-0.4, -0.2) is 5.11 Å². The molecule has 0 amide bonds. The van der Waals surface area contributed by atoms with E-state index in [0.29, 0.717) is 0 Å². The Hall–Kier alpha value is -0.640. The van der Waals surface area contributed by atoms with Gasteiger partial charge in [0.15, 0.2) is 0 Å². The average Bonchev–Trinajstić information content (AvgIpc) is 2.94. The number of hydrogen-bond donors (Lipinski definition) is 1. The summed E-state index contributed by atoms with van der Waals surface area (Å²) in [4.78, 5) is 0. The Bertz CT molecular complexity index is 557. The first kappa shape index (κ1) is 14.3. The number of hydrogen-bond acceptors (Lipinski definition) is 2. The molecule has 0 saturated heterocycles. The van der Waals surface area contributed by atoms with Crippen molar-refractivity contribution in [3.05, 3.63) is 56.7 Å². The van der Waals surface area contributed by atoms with Gasteiger partial charge in [0, 0.05) is 20.8 Å². The van der Waals surface area contributed by atoms with Gasteiger partial charge in [-0.2, -0.15) is 11.3 Å². The zero-order chi connectivity index (χ0) is 14.0. The van der Waals surface area contributed by atoms with Gasteiger partial charge in [0.1, 0.15) is 0 Å². The van der Waals surface area contributed by atoms with Crippen LogP contribution in [0, 0.1) is 0 Å². The molecular formula is C17H19BrOS. The molecule has 1 N–H and O–H groups in total. The molecule has 106 valence electrons. The average molecular weight is 351 g/mol. The molecule has 1 aliphatic carbocycles. The summed E-state index contributed by atoms with van der Waals surface area (Å²) in [7, 11) is 0. The fraction of sp³-hybridized carbons (Fsp3) is 0.412. The van der Waals surface area contributed by atoms with Crippen molar-refractivity contribution in [3.8, 4) is 0 Å². The van der Waals surface area contributed by atoms with Gasteiger partial charge in [-0.15, -0.1) is 0 Å². The summed E-state index contributed by atoms with van der Waals surface area (Å²) < 4.78 is 1.04. The molecule has 0 spiro atoms. The highest BCUT2D eigenvalue weighted by molar-refractivity contribution is 9.10. The lowest BCUT2D eigenvalue weighted by atomic mass is 9.65. The van der Waals surface area contributed by atoms with E-state index in [1.807, 2.05) is 6.07 Å². The largest absolute Gasteiger partial charge is 0.387 e. The number of aliphatic hydroxyl groups is 1. The lowest BCUT2D eigenvalue weighted by Crippen LogP contribution is -2.36. The quantitative estimate of drug-likeness (QED) is 0.780. The van der Waals surface area contributed by atoms with Crippen LogP contribution in [0.4, 0.5) is 0 Å². The molecule has 0 bridgehead atoms. The molecule has 3 rings (SSSR count). The van der Waals surface area contributed by atoms with Gasteiger partial charge in [-0.05, 0) is 39.7 Å². The maximum absolute atomic E-state index is 11.1. The Labute approximate surface area is 132 Å². The lowest BCUT2D eigenvalue weighted by molar-refractivity contribution is 0.0526. The van der Waals surface area contributed by atoms with Crippen molar-refractivity contribution in [1.29, 1.82) is 0 Å². The van der Waals surface area contributed by atoms with Crippen molar-refractivity contribution >= 4 is 27.3 Å². The first-order valence-corrected chi connectivity index (χ1v) is 8.93. The standard InChI is InChI=1S/C17H19BrOS/c18-15-12-20-11-14(15)16(19)17(9-5-2-6-10-17)13-7-3-1-4-8-13/h1,3-4,7-8,11-12,16,19H,2,5-6,9-10H2. The summed E-state index contributed by atoms with van der Waals surface area (Å²) in [6.07, 6.45) is 5.40. The highest BCUT2D eigenvalue weighted by atomic mass is 79.9. The lowest BCUT2D eigenvalue weighted by Gasteiger charge is -2.42. The van der Waals surface area contributed by atoms with Crippen LogP contribution in [0.25, 0.3) is 0 Å². The fourth-order valence-electron chi connectivity index (χ4n) is 3.46. The van der Waals surface area contributed by atoms with Gasteiger partial charge in [-0.3, -0.25) is 0 Å². The van der Waals surface area contributed by atoms with Crippen molar-refractivity contribution in [2.75, 3.05) is 0 Å². The molecule has 3 heteroatoms. The molecule has 1 nitrogen and oxygen atoms in total. The topological polar surface area (TPSA) is 20.2 Å². The van der Waals surface area contributed by atoms with Gasteiger partial charge in [0.2, 0.25) is 0 Å². The van der Waals surface area contributed by atoms with Gasteiger partial charge in [-0.1, -0.05) is 49.6 Å². The highest BCUT2D eigenvalue weighted by Gasteiger charge is 2.42. The molecular weight excluding hydrogens is 332 g/mol. The number of thiophene rings is 1. The minimum atomic E-state index is -0.425. The number of halogens is 1. The molecule has 1 atom stereocenters. The van der Waals surface area contributed by atoms with Crippen LogP contribution in [-0.2, 0) is 5.41 Å². The number of rotatable bonds is 3. The van der Waals surface area contributed by atoms with Crippen molar-refractivity contribution in [3.63, 3.8) is 0 Å². The third-order valence-electron chi connectivity index (χ3n) is 4.55. The van der Waals surface area contributed by atoms with E-state index in [1.54, 1.807) is 11.3 Å². The maximum atomic E-state index is 11.1. The first-order valence-electron chi connectivity index (χ1n) is 7.19. The molecule has 0 aliphatic heterocycles.